The lowest BCUT2D eigenvalue weighted by Gasteiger charge is -2.11. The molecule has 0 spiro atoms. The minimum Gasteiger partial charge on any atom is -0.478 e. The number of carbonyl (C=O) groups is 1. The molecular formula is C14H16N2O2. The molecule has 0 radical (unpaired) electrons. The Hall–Kier alpha value is -2.10. The molecule has 0 fully saturated rings. The Kier molecular flexibility index (Phi) is 3.19. The molecule has 0 atom stereocenters. The fourth-order valence-corrected chi connectivity index (χ4v) is 2.09. The van der Waals surface area contributed by atoms with Crippen LogP contribution in [0.15, 0.2) is 24.5 Å². The molecule has 0 aliphatic heterocycles. The predicted octanol–water partition coefficient (Wildman–Crippen LogP) is 2.55. The summed E-state index contributed by atoms with van der Waals surface area (Å²) in [6.45, 7) is 6.45. The van der Waals surface area contributed by atoms with Gasteiger partial charge in [-0.15, -0.1) is 0 Å². The highest BCUT2D eigenvalue weighted by Gasteiger charge is 2.14. The Labute approximate surface area is 106 Å². The van der Waals surface area contributed by atoms with E-state index < -0.39 is 5.97 Å². The number of carboxylic acids is 1. The molecule has 4 nitrogen and oxygen atoms in total. The van der Waals surface area contributed by atoms with Gasteiger partial charge in [0, 0.05) is 30.3 Å². The van der Waals surface area contributed by atoms with Crippen molar-refractivity contribution >= 4 is 5.97 Å². The normalized spacial score (nSPS) is 10.6. The van der Waals surface area contributed by atoms with Crippen LogP contribution in [-0.2, 0) is 6.54 Å². The van der Waals surface area contributed by atoms with Crippen LogP contribution >= 0.6 is 0 Å². The van der Waals surface area contributed by atoms with Crippen LogP contribution in [0.2, 0.25) is 0 Å². The first kappa shape index (κ1) is 12.4. The number of carboxylic acid groups (broad SMARTS) is 1. The maximum atomic E-state index is 11.1. The van der Waals surface area contributed by atoms with Crippen LogP contribution in [0.3, 0.4) is 0 Å². The summed E-state index contributed by atoms with van der Waals surface area (Å²) in [6.07, 6.45) is 3.59. The predicted molar refractivity (Wildman–Crippen MR) is 68.9 cm³/mol. The van der Waals surface area contributed by atoms with Crippen LogP contribution in [0.4, 0.5) is 0 Å². The van der Waals surface area contributed by atoms with E-state index in [4.69, 9.17) is 5.11 Å². The van der Waals surface area contributed by atoms with E-state index in [-0.39, 0.29) is 0 Å². The van der Waals surface area contributed by atoms with Gasteiger partial charge in [0.2, 0.25) is 0 Å². The van der Waals surface area contributed by atoms with Gasteiger partial charge in [-0.05, 0) is 44.0 Å². The molecule has 2 rings (SSSR count). The van der Waals surface area contributed by atoms with Crippen LogP contribution in [-0.4, -0.2) is 20.6 Å². The molecule has 2 heterocycles. The monoisotopic (exact) mass is 244 g/mol. The number of hydrogen-bond donors (Lipinski definition) is 1. The van der Waals surface area contributed by atoms with Crippen molar-refractivity contribution in [1.29, 1.82) is 0 Å². The van der Waals surface area contributed by atoms with Crippen molar-refractivity contribution in [2.75, 3.05) is 0 Å². The zero-order chi connectivity index (χ0) is 13.3. The van der Waals surface area contributed by atoms with Gasteiger partial charge in [-0.25, -0.2) is 4.79 Å². The van der Waals surface area contributed by atoms with Gasteiger partial charge in [-0.2, -0.15) is 0 Å². The smallest absolute Gasteiger partial charge is 0.337 e. The molecule has 18 heavy (non-hydrogen) atoms. The molecule has 0 bridgehead atoms. The van der Waals surface area contributed by atoms with E-state index in [2.05, 4.69) is 4.98 Å². The first-order chi connectivity index (χ1) is 8.50. The summed E-state index contributed by atoms with van der Waals surface area (Å²) in [6, 6.07) is 3.67. The second kappa shape index (κ2) is 4.64. The molecule has 4 heteroatoms. The van der Waals surface area contributed by atoms with E-state index in [0.29, 0.717) is 12.1 Å². The van der Waals surface area contributed by atoms with Crippen molar-refractivity contribution in [3.05, 3.63) is 52.6 Å². The minimum absolute atomic E-state index is 0.369. The molecule has 94 valence electrons. The highest BCUT2D eigenvalue weighted by atomic mass is 16.4. The van der Waals surface area contributed by atoms with Crippen LogP contribution in [0.1, 0.15) is 32.9 Å². The number of hydrogen-bond acceptors (Lipinski definition) is 2. The first-order valence-corrected chi connectivity index (χ1v) is 5.80. The lowest BCUT2D eigenvalue weighted by molar-refractivity contribution is 0.0696. The Morgan fingerprint density at radius 2 is 2.11 bits per heavy atom. The quantitative estimate of drug-likeness (QED) is 0.902. The average molecular weight is 244 g/mol. The van der Waals surface area contributed by atoms with Crippen LogP contribution in [0.25, 0.3) is 0 Å². The van der Waals surface area contributed by atoms with Crippen molar-refractivity contribution < 1.29 is 9.90 Å². The number of aromatic carboxylic acids is 1. The summed E-state index contributed by atoms with van der Waals surface area (Å²) in [5.74, 6) is -0.878. The number of nitrogens with zero attached hydrogens (tertiary/aromatic N) is 2. The van der Waals surface area contributed by atoms with Crippen LogP contribution in [0, 0.1) is 20.8 Å². The van der Waals surface area contributed by atoms with E-state index in [9.17, 15) is 4.79 Å². The summed E-state index contributed by atoms with van der Waals surface area (Å²) in [4.78, 5) is 15.2. The van der Waals surface area contributed by atoms with Gasteiger partial charge < -0.3 is 9.67 Å². The zero-order valence-corrected chi connectivity index (χ0v) is 10.8. The third-order valence-corrected chi connectivity index (χ3v) is 3.28. The molecule has 0 saturated heterocycles. The number of aromatic nitrogens is 2. The number of rotatable bonds is 3. The van der Waals surface area contributed by atoms with Gasteiger partial charge >= 0.3 is 5.97 Å². The molecule has 0 unspecified atom stereocenters. The van der Waals surface area contributed by atoms with E-state index >= 15 is 0 Å². The average Bonchev–Trinajstić information content (AvgIpc) is 2.60. The van der Waals surface area contributed by atoms with E-state index in [1.165, 1.54) is 0 Å². The van der Waals surface area contributed by atoms with Gasteiger partial charge in [0.25, 0.3) is 0 Å². The Morgan fingerprint density at radius 3 is 2.67 bits per heavy atom. The molecule has 0 aliphatic carbocycles. The van der Waals surface area contributed by atoms with Gasteiger partial charge in [0.15, 0.2) is 0 Å². The fourth-order valence-electron chi connectivity index (χ4n) is 2.09. The molecular weight excluding hydrogens is 228 g/mol. The van der Waals surface area contributed by atoms with Crippen molar-refractivity contribution in [2.24, 2.45) is 0 Å². The lowest BCUT2D eigenvalue weighted by Crippen LogP contribution is -2.07. The topological polar surface area (TPSA) is 55.1 Å². The Morgan fingerprint density at radius 1 is 1.39 bits per heavy atom. The summed E-state index contributed by atoms with van der Waals surface area (Å²) in [5, 5.41) is 9.10. The van der Waals surface area contributed by atoms with Crippen molar-refractivity contribution in [3.63, 3.8) is 0 Å². The second-order valence-corrected chi connectivity index (χ2v) is 4.48. The molecule has 0 amide bonds. The molecule has 2 aromatic heterocycles. The van der Waals surface area contributed by atoms with E-state index in [0.717, 1.165) is 22.5 Å². The van der Waals surface area contributed by atoms with Gasteiger partial charge in [-0.3, -0.25) is 4.98 Å². The third-order valence-electron chi connectivity index (χ3n) is 3.28. The fraction of sp³-hybridized carbons (Fsp3) is 0.286. The summed E-state index contributed by atoms with van der Waals surface area (Å²) >= 11 is 0. The second-order valence-electron chi connectivity index (χ2n) is 4.48. The minimum atomic E-state index is -0.878. The first-order valence-electron chi connectivity index (χ1n) is 5.80. The highest BCUT2D eigenvalue weighted by molar-refractivity contribution is 5.89. The molecule has 2 aromatic rings. The largest absolute Gasteiger partial charge is 0.478 e. The maximum absolute atomic E-state index is 11.1. The van der Waals surface area contributed by atoms with Crippen molar-refractivity contribution in [3.8, 4) is 0 Å². The Balaban J connectivity index is 2.41. The molecule has 0 saturated carbocycles. The van der Waals surface area contributed by atoms with Crippen LogP contribution < -0.4 is 0 Å². The molecule has 1 N–H and O–H groups in total. The van der Waals surface area contributed by atoms with Crippen molar-refractivity contribution in [1.82, 2.24) is 9.55 Å². The maximum Gasteiger partial charge on any atom is 0.337 e. The van der Waals surface area contributed by atoms with Gasteiger partial charge in [0.1, 0.15) is 0 Å². The van der Waals surface area contributed by atoms with E-state index in [1.54, 1.807) is 12.3 Å². The van der Waals surface area contributed by atoms with Crippen molar-refractivity contribution in [2.45, 2.75) is 27.3 Å². The highest BCUT2D eigenvalue weighted by Crippen LogP contribution is 2.18. The summed E-state index contributed by atoms with van der Waals surface area (Å²) < 4.78 is 2.01. The van der Waals surface area contributed by atoms with Gasteiger partial charge in [-0.1, -0.05) is 0 Å². The van der Waals surface area contributed by atoms with E-state index in [1.807, 2.05) is 37.6 Å². The number of pyridine rings is 1. The SMILES string of the molecule is Cc1ccncc1Cn1c(C)cc(C(=O)O)c1C. The summed E-state index contributed by atoms with van der Waals surface area (Å²) in [5.41, 5.74) is 4.37. The molecule has 0 aliphatic rings. The zero-order valence-electron chi connectivity index (χ0n) is 10.8. The third kappa shape index (κ3) is 2.14. The Bertz CT molecular complexity index is 600. The lowest BCUT2D eigenvalue weighted by atomic mass is 10.1. The number of aryl methyl sites for hydroxylation is 2. The standard InChI is InChI=1S/C14H16N2O2/c1-9-4-5-15-7-12(9)8-16-10(2)6-13(11(16)3)14(17)18/h4-7H,8H2,1-3H3,(H,17,18). The molecule has 0 aromatic carbocycles. The van der Waals surface area contributed by atoms with Gasteiger partial charge in [0.05, 0.1) is 5.56 Å². The van der Waals surface area contributed by atoms with Crippen LogP contribution in [0.5, 0.6) is 0 Å². The summed E-state index contributed by atoms with van der Waals surface area (Å²) in [7, 11) is 0.